The highest BCUT2D eigenvalue weighted by Crippen LogP contribution is 2.56. The van der Waals surface area contributed by atoms with Gasteiger partial charge in [-0.05, 0) is 98.3 Å². The summed E-state index contributed by atoms with van der Waals surface area (Å²) in [6.45, 7) is 22.1. The second-order valence-electron chi connectivity index (χ2n) is 15.3. The van der Waals surface area contributed by atoms with Crippen LogP contribution in [0.25, 0.3) is 0 Å². The topological polar surface area (TPSA) is 54.7 Å². The summed E-state index contributed by atoms with van der Waals surface area (Å²) < 4.78 is 49.4. The smallest absolute Gasteiger partial charge is 0.278 e. The highest BCUT2D eigenvalue weighted by atomic mass is 19.3. The van der Waals surface area contributed by atoms with Crippen LogP contribution in [0, 0.1) is 28.5 Å². The van der Waals surface area contributed by atoms with E-state index in [1.165, 1.54) is 12.1 Å². The van der Waals surface area contributed by atoms with E-state index in [0.29, 0.717) is 23.6 Å². The number of nitrogens with one attached hydrogen (secondary N) is 1. The van der Waals surface area contributed by atoms with Crippen LogP contribution in [0.3, 0.4) is 0 Å². The maximum Gasteiger partial charge on any atom is 0.278 e. The van der Waals surface area contributed by atoms with Crippen LogP contribution >= 0.6 is 0 Å². The Labute approximate surface area is 280 Å². The predicted octanol–water partition coefficient (Wildman–Crippen LogP) is 9.68. The monoisotopic (exact) mass is 647 g/mol. The first-order valence-electron chi connectivity index (χ1n) is 17.3. The Bertz CT molecular complexity index is 1520. The summed E-state index contributed by atoms with van der Waals surface area (Å²) in [7, 11) is 0. The summed E-state index contributed by atoms with van der Waals surface area (Å²) >= 11 is 0. The number of halogens is 3. The molecular formula is C39H52F3N5. The van der Waals surface area contributed by atoms with Crippen LogP contribution in [0.1, 0.15) is 116 Å². The van der Waals surface area contributed by atoms with Gasteiger partial charge < -0.3 is 10.2 Å². The van der Waals surface area contributed by atoms with Crippen LogP contribution < -0.4 is 5.32 Å². The average molecular weight is 648 g/mol. The van der Waals surface area contributed by atoms with E-state index < -0.39 is 45.8 Å². The summed E-state index contributed by atoms with van der Waals surface area (Å²) in [6, 6.07) is 6.19. The lowest BCUT2D eigenvalue weighted by molar-refractivity contribution is -0.146. The molecule has 1 aromatic rings. The van der Waals surface area contributed by atoms with Gasteiger partial charge in [0.1, 0.15) is 11.6 Å². The van der Waals surface area contributed by atoms with E-state index >= 15 is 13.2 Å². The van der Waals surface area contributed by atoms with Crippen molar-refractivity contribution in [3.63, 3.8) is 0 Å². The number of piperidine rings is 1. The lowest BCUT2D eigenvalue weighted by Crippen LogP contribution is -2.62. The van der Waals surface area contributed by atoms with Crippen LogP contribution in [-0.4, -0.2) is 40.2 Å². The SMILES string of the molecule is C=C1N[C@H](C)c2cccc(c2F)C(F)(F)C2CC(C)(C)N(CCCCCCCN3C(=C)C(C4(C#N)CC4)=CC1=C3/N=C\C)C(C)(C)C2. The quantitative estimate of drug-likeness (QED) is 0.325. The van der Waals surface area contributed by atoms with E-state index in [1.807, 2.05) is 13.0 Å². The molecule has 4 heterocycles. The largest absolute Gasteiger partial charge is 0.378 e. The van der Waals surface area contributed by atoms with Gasteiger partial charge in [0.2, 0.25) is 0 Å². The number of rotatable bonds is 2. The van der Waals surface area contributed by atoms with Crippen molar-refractivity contribution in [2.45, 2.75) is 122 Å². The van der Waals surface area contributed by atoms with Crippen LogP contribution in [0.4, 0.5) is 13.2 Å². The van der Waals surface area contributed by atoms with E-state index in [0.717, 1.165) is 62.8 Å². The fourth-order valence-corrected chi connectivity index (χ4v) is 8.44. The van der Waals surface area contributed by atoms with E-state index in [-0.39, 0.29) is 18.4 Å². The van der Waals surface area contributed by atoms with Gasteiger partial charge >= 0.3 is 0 Å². The first-order chi connectivity index (χ1) is 22.1. The second kappa shape index (κ2) is 13.0. The normalized spacial score (nSPS) is 29.1. The molecule has 1 atom stereocenters. The highest BCUT2D eigenvalue weighted by molar-refractivity contribution is 5.61. The third-order valence-corrected chi connectivity index (χ3v) is 11.0. The Kier molecular flexibility index (Phi) is 9.65. The van der Waals surface area contributed by atoms with E-state index in [2.05, 4.69) is 62.0 Å². The van der Waals surface area contributed by atoms with Crippen molar-refractivity contribution >= 4 is 6.21 Å². The molecule has 0 unspecified atom stereocenters. The Morgan fingerprint density at radius 1 is 1.00 bits per heavy atom. The number of allylic oxidation sites excluding steroid dienone is 2. The van der Waals surface area contributed by atoms with E-state index in [1.54, 1.807) is 19.2 Å². The fraction of sp³-hybridized carbons (Fsp3) is 0.590. The summed E-state index contributed by atoms with van der Waals surface area (Å²) in [5, 5.41) is 13.4. The molecule has 1 N–H and O–H groups in total. The van der Waals surface area contributed by atoms with Crippen molar-refractivity contribution < 1.29 is 13.2 Å². The van der Waals surface area contributed by atoms with E-state index in [9.17, 15) is 5.26 Å². The van der Waals surface area contributed by atoms with Crippen molar-refractivity contribution in [3.8, 4) is 6.07 Å². The summed E-state index contributed by atoms with van der Waals surface area (Å²) in [4.78, 5) is 9.24. The first-order valence-corrected chi connectivity index (χ1v) is 17.3. The molecule has 1 aliphatic carbocycles. The zero-order valence-corrected chi connectivity index (χ0v) is 29.2. The molecule has 5 nitrogen and oxygen atoms in total. The van der Waals surface area contributed by atoms with Gasteiger partial charge in [-0.2, -0.15) is 5.26 Å². The van der Waals surface area contributed by atoms with Crippen LogP contribution in [0.15, 0.2) is 70.8 Å². The number of nitrogens with zero attached hydrogens (tertiary/aromatic N) is 4. The summed E-state index contributed by atoms with van der Waals surface area (Å²) in [5.41, 5.74) is 0.914. The van der Waals surface area contributed by atoms with E-state index in [4.69, 9.17) is 4.99 Å². The number of hydrogen-bond acceptors (Lipinski definition) is 5. The van der Waals surface area contributed by atoms with Gasteiger partial charge in [-0.15, -0.1) is 0 Å². The first kappa shape index (κ1) is 35.0. The zero-order chi connectivity index (χ0) is 34.4. The summed E-state index contributed by atoms with van der Waals surface area (Å²) in [6.07, 6.45) is 10.8. The molecule has 0 amide bonds. The molecule has 6 rings (SSSR count). The Morgan fingerprint density at radius 3 is 2.21 bits per heavy atom. The second-order valence-corrected chi connectivity index (χ2v) is 15.3. The molecule has 1 saturated heterocycles. The number of fused-ring (bicyclic) bond motifs is 10. The third-order valence-electron chi connectivity index (χ3n) is 11.0. The Morgan fingerprint density at radius 2 is 1.62 bits per heavy atom. The van der Waals surface area contributed by atoms with Gasteiger partial charge in [-0.25, -0.2) is 18.2 Å². The van der Waals surface area contributed by atoms with Crippen molar-refractivity contribution in [1.29, 1.82) is 5.26 Å². The molecule has 0 spiro atoms. The zero-order valence-electron chi connectivity index (χ0n) is 29.2. The Balaban J connectivity index is 1.57. The van der Waals surface area contributed by atoms with Crippen molar-refractivity contribution in [2.75, 3.05) is 13.1 Å². The van der Waals surface area contributed by atoms with Crippen LogP contribution in [0.2, 0.25) is 0 Å². The minimum atomic E-state index is -3.35. The number of benzene rings is 1. The molecule has 6 bridgehead atoms. The molecular weight excluding hydrogens is 595 g/mol. The lowest BCUT2D eigenvalue weighted by Gasteiger charge is -2.56. The molecule has 254 valence electrons. The number of alkyl halides is 2. The molecule has 8 heteroatoms. The van der Waals surface area contributed by atoms with Crippen LogP contribution in [0.5, 0.6) is 0 Å². The number of aliphatic imine (C=N–C) groups is 1. The fourth-order valence-electron chi connectivity index (χ4n) is 8.44. The molecule has 0 aromatic heterocycles. The minimum absolute atomic E-state index is 0.156. The molecule has 0 radical (unpaired) electrons. The maximum atomic E-state index is 16.5. The van der Waals surface area contributed by atoms with Gasteiger partial charge in [0.05, 0.1) is 23.1 Å². The predicted molar refractivity (Wildman–Crippen MR) is 184 cm³/mol. The number of nitriles is 1. The van der Waals surface area contributed by atoms with Crippen molar-refractivity contribution in [1.82, 2.24) is 15.1 Å². The summed E-state index contributed by atoms with van der Waals surface area (Å²) in [5.74, 6) is -4.56. The molecule has 2 fully saturated rings. The van der Waals surface area contributed by atoms with Crippen molar-refractivity contribution in [3.05, 3.63) is 82.7 Å². The third kappa shape index (κ3) is 6.57. The highest BCUT2D eigenvalue weighted by Gasteiger charge is 2.54. The number of hydrogen-bond donors (Lipinski definition) is 1. The van der Waals surface area contributed by atoms with Crippen LogP contribution in [-0.2, 0) is 5.92 Å². The molecule has 4 aliphatic heterocycles. The van der Waals surface area contributed by atoms with Gasteiger partial charge in [0.15, 0.2) is 0 Å². The van der Waals surface area contributed by atoms with Gasteiger partial charge in [-0.1, -0.05) is 50.6 Å². The minimum Gasteiger partial charge on any atom is -0.378 e. The van der Waals surface area contributed by atoms with Crippen molar-refractivity contribution in [2.24, 2.45) is 16.3 Å². The van der Waals surface area contributed by atoms with Gasteiger partial charge in [0.25, 0.3) is 5.92 Å². The van der Waals surface area contributed by atoms with Gasteiger partial charge in [0, 0.05) is 52.3 Å². The molecule has 47 heavy (non-hydrogen) atoms. The van der Waals surface area contributed by atoms with Gasteiger partial charge in [-0.3, -0.25) is 4.90 Å². The lowest BCUT2D eigenvalue weighted by atomic mass is 9.70. The molecule has 1 saturated carbocycles. The standard InChI is InChI=1S/C39H52F3N5/c1-9-44-35-31-22-33(38(25-43)18-19-38)28(4)46(35)20-13-11-10-12-14-21-47-36(5,6)23-29(24-37(47,7)8)39(41,42)32-17-15-16-30(34(32)40)26(2)45-27(31)3/h9,15-17,22,26,29,45H,3-4,10-14,18-21,23-24H2,1-2,5-8H3/b44-9-/t26-/m1/s1. The Hall–Kier alpha value is -3.31. The molecule has 1 aromatic carbocycles. The maximum absolute atomic E-state index is 16.5. The molecule has 5 aliphatic rings. The average Bonchev–Trinajstić information content (AvgIpc) is 3.79.